The predicted molar refractivity (Wildman–Crippen MR) is 80.4 cm³/mol. The molecule has 0 aliphatic rings. The van der Waals surface area contributed by atoms with Crippen LogP contribution in [0.5, 0.6) is 0 Å². The maximum atomic E-state index is 5.85. The molecule has 2 aromatic carbocycles. The maximum absolute atomic E-state index is 5.85. The zero-order valence-corrected chi connectivity index (χ0v) is 11.9. The van der Waals surface area contributed by atoms with Crippen LogP contribution in [0.2, 0.25) is 0 Å². The number of nitrogens with two attached hydrogens (primary N) is 1. The van der Waals surface area contributed by atoms with Crippen molar-refractivity contribution < 1.29 is 0 Å². The largest absolute Gasteiger partial charge is 0.402 e. The summed E-state index contributed by atoms with van der Waals surface area (Å²) < 4.78 is 1.09. The zero-order valence-electron chi connectivity index (χ0n) is 10.3. The average molecular weight is 302 g/mol. The highest BCUT2D eigenvalue weighted by Crippen LogP contribution is 2.27. The summed E-state index contributed by atoms with van der Waals surface area (Å²) in [6.07, 6.45) is 2.10. The first-order valence-corrected chi connectivity index (χ1v) is 6.70. The molecule has 0 fully saturated rings. The number of halogens is 1. The normalized spacial score (nSPS) is 13.3. The minimum absolute atomic E-state index is 0.212. The molecule has 92 valence electrons. The Hall–Kier alpha value is -1.54. The lowest BCUT2D eigenvalue weighted by molar-refractivity contribution is 1.00. The van der Waals surface area contributed by atoms with Crippen LogP contribution < -0.4 is 5.73 Å². The monoisotopic (exact) mass is 301 g/mol. The molecule has 1 atom stereocenters. The molecule has 1 nitrogen and oxygen atoms in total. The minimum Gasteiger partial charge on any atom is -0.402 e. The molecule has 0 aliphatic carbocycles. The van der Waals surface area contributed by atoms with Gasteiger partial charge in [-0.05, 0) is 30.2 Å². The van der Waals surface area contributed by atoms with Gasteiger partial charge in [-0.2, -0.15) is 0 Å². The Labute approximate surface area is 116 Å². The average Bonchev–Trinajstić information content (AvgIpc) is 2.38. The van der Waals surface area contributed by atoms with Gasteiger partial charge >= 0.3 is 0 Å². The second-order valence-corrected chi connectivity index (χ2v) is 5.27. The molecule has 0 radical (unpaired) electrons. The van der Waals surface area contributed by atoms with Crippen molar-refractivity contribution in [1.82, 2.24) is 0 Å². The van der Waals surface area contributed by atoms with Gasteiger partial charge in [-0.15, -0.1) is 0 Å². The van der Waals surface area contributed by atoms with E-state index in [4.69, 9.17) is 5.73 Å². The summed E-state index contributed by atoms with van der Waals surface area (Å²) in [4.78, 5) is 0. The van der Waals surface area contributed by atoms with Crippen LogP contribution in [0.25, 0.3) is 0 Å². The molecular weight excluding hydrogens is 286 g/mol. The quantitative estimate of drug-likeness (QED) is 0.891. The van der Waals surface area contributed by atoms with Crippen molar-refractivity contribution in [3.8, 4) is 0 Å². The molecular formula is C16H16BrN. The highest BCUT2D eigenvalue weighted by molar-refractivity contribution is 9.10. The van der Waals surface area contributed by atoms with E-state index in [0.717, 1.165) is 10.2 Å². The van der Waals surface area contributed by atoms with E-state index in [1.807, 2.05) is 13.0 Å². The molecule has 0 saturated carbocycles. The SMILES string of the molecule is C/C(N)=C/C(c1ccccc1)c1ccc(Br)cc1. The Morgan fingerprint density at radius 2 is 1.56 bits per heavy atom. The molecule has 0 bridgehead atoms. The van der Waals surface area contributed by atoms with Gasteiger partial charge < -0.3 is 5.73 Å². The third-order valence-electron chi connectivity index (χ3n) is 2.82. The Balaban J connectivity index is 2.43. The van der Waals surface area contributed by atoms with Crippen LogP contribution in [-0.4, -0.2) is 0 Å². The van der Waals surface area contributed by atoms with Gasteiger partial charge in [0, 0.05) is 16.1 Å². The molecule has 0 aromatic heterocycles. The summed E-state index contributed by atoms with van der Waals surface area (Å²) >= 11 is 3.46. The summed E-state index contributed by atoms with van der Waals surface area (Å²) in [6.45, 7) is 1.93. The van der Waals surface area contributed by atoms with Gasteiger partial charge in [0.25, 0.3) is 0 Å². The lowest BCUT2D eigenvalue weighted by Crippen LogP contribution is -2.01. The smallest absolute Gasteiger partial charge is 0.0288 e. The van der Waals surface area contributed by atoms with Crippen LogP contribution in [0.15, 0.2) is 70.8 Å². The van der Waals surface area contributed by atoms with Crippen molar-refractivity contribution in [3.05, 3.63) is 82.0 Å². The summed E-state index contributed by atoms with van der Waals surface area (Å²) in [5.41, 5.74) is 9.19. The predicted octanol–water partition coefficient (Wildman–Crippen LogP) is 4.44. The molecule has 18 heavy (non-hydrogen) atoms. The molecule has 2 rings (SSSR count). The second-order valence-electron chi connectivity index (χ2n) is 4.35. The van der Waals surface area contributed by atoms with Crippen LogP contribution >= 0.6 is 15.9 Å². The van der Waals surface area contributed by atoms with Gasteiger partial charge in [0.1, 0.15) is 0 Å². The van der Waals surface area contributed by atoms with Crippen LogP contribution in [0, 0.1) is 0 Å². The fraction of sp³-hybridized carbons (Fsp3) is 0.125. The molecule has 0 amide bonds. The fourth-order valence-corrected chi connectivity index (χ4v) is 2.24. The van der Waals surface area contributed by atoms with Crippen LogP contribution in [0.1, 0.15) is 24.0 Å². The first kappa shape index (κ1) is 12.9. The lowest BCUT2D eigenvalue weighted by Gasteiger charge is -2.15. The Morgan fingerprint density at radius 3 is 2.11 bits per heavy atom. The molecule has 0 heterocycles. The molecule has 0 saturated heterocycles. The van der Waals surface area contributed by atoms with E-state index >= 15 is 0 Å². The van der Waals surface area contributed by atoms with Gasteiger partial charge in [0.15, 0.2) is 0 Å². The van der Waals surface area contributed by atoms with Crippen molar-refractivity contribution >= 4 is 15.9 Å². The van der Waals surface area contributed by atoms with Crippen molar-refractivity contribution in [2.24, 2.45) is 5.73 Å². The first-order chi connectivity index (χ1) is 8.66. The number of hydrogen-bond donors (Lipinski definition) is 1. The highest BCUT2D eigenvalue weighted by atomic mass is 79.9. The Kier molecular flexibility index (Phi) is 4.21. The van der Waals surface area contributed by atoms with E-state index in [9.17, 15) is 0 Å². The fourth-order valence-electron chi connectivity index (χ4n) is 1.98. The third-order valence-corrected chi connectivity index (χ3v) is 3.35. The van der Waals surface area contributed by atoms with Crippen LogP contribution in [-0.2, 0) is 0 Å². The summed E-state index contributed by atoms with van der Waals surface area (Å²) in [6, 6.07) is 18.8. The van der Waals surface area contributed by atoms with E-state index in [-0.39, 0.29) is 5.92 Å². The molecule has 2 aromatic rings. The van der Waals surface area contributed by atoms with Crippen molar-refractivity contribution in [2.45, 2.75) is 12.8 Å². The van der Waals surface area contributed by atoms with Gasteiger partial charge in [-0.1, -0.05) is 64.5 Å². The van der Waals surface area contributed by atoms with Crippen molar-refractivity contribution in [3.63, 3.8) is 0 Å². The van der Waals surface area contributed by atoms with Gasteiger partial charge in [0.05, 0.1) is 0 Å². The standard InChI is InChI=1S/C16H16BrN/c1-12(18)11-16(13-5-3-2-4-6-13)14-7-9-15(17)10-8-14/h2-11,16H,18H2,1H3/b12-11-. The summed E-state index contributed by atoms with van der Waals surface area (Å²) in [5, 5.41) is 0. The van der Waals surface area contributed by atoms with Gasteiger partial charge in [-0.25, -0.2) is 0 Å². The zero-order chi connectivity index (χ0) is 13.0. The highest BCUT2D eigenvalue weighted by Gasteiger charge is 2.10. The first-order valence-electron chi connectivity index (χ1n) is 5.91. The summed E-state index contributed by atoms with van der Waals surface area (Å²) in [7, 11) is 0. The third kappa shape index (κ3) is 3.23. The molecule has 1 unspecified atom stereocenters. The van der Waals surface area contributed by atoms with Crippen molar-refractivity contribution in [1.29, 1.82) is 0 Å². The van der Waals surface area contributed by atoms with Crippen LogP contribution in [0.3, 0.4) is 0 Å². The summed E-state index contributed by atoms with van der Waals surface area (Å²) in [5.74, 6) is 0.212. The lowest BCUT2D eigenvalue weighted by atomic mass is 9.90. The topological polar surface area (TPSA) is 26.0 Å². The maximum Gasteiger partial charge on any atom is 0.0288 e. The molecule has 0 aliphatic heterocycles. The van der Waals surface area contributed by atoms with E-state index in [0.29, 0.717) is 0 Å². The van der Waals surface area contributed by atoms with E-state index < -0.39 is 0 Å². The number of benzene rings is 2. The molecule has 2 heteroatoms. The van der Waals surface area contributed by atoms with Gasteiger partial charge in [-0.3, -0.25) is 0 Å². The number of hydrogen-bond acceptors (Lipinski definition) is 1. The minimum atomic E-state index is 0.212. The van der Waals surface area contributed by atoms with Crippen molar-refractivity contribution in [2.75, 3.05) is 0 Å². The van der Waals surface area contributed by atoms with E-state index in [1.165, 1.54) is 11.1 Å². The van der Waals surface area contributed by atoms with Crippen LogP contribution in [0.4, 0.5) is 0 Å². The van der Waals surface area contributed by atoms with E-state index in [1.54, 1.807) is 0 Å². The van der Waals surface area contributed by atoms with E-state index in [2.05, 4.69) is 70.5 Å². The molecule has 2 N–H and O–H groups in total. The van der Waals surface area contributed by atoms with Gasteiger partial charge in [0.2, 0.25) is 0 Å². The Morgan fingerprint density at radius 1 is 1.00 bits per heavy atom. The molecule has 0 spiro atoms. The second kappa shape index (κ2) is 5.87. The number of allylic oxidation sites excluding steroid dienone is 2. The Bertz CT molecular complexity index is 525. The number of rotatable bonds is 3.